The summed E-state index contributed by atoms with van der Waals surface area (Å²) in [5.74, 6) is 0. The van der Waals surface area contributed by atoms with Crippen LogP contribution in [0.1, 0.15) is 5.56 Å². The smallest absolute Gasteiger partial charge is 0.266 e. The number of anilines is 2. The molecule has 0 amide bonds. The third-order valence-corrected chi connectivity index (χ3v) is 7.64. The summed E-state index contributed by atoms with van der Waals surface area (Å²) in [5.41, 5.74) is 1.19. The summed E-state index contributed by atoms with van der Waals surface area (Å²) in [6.45, 7) is 1.27. The van der Waals surface area contributed by atoms with Crippen molar-refractivity contribution in [1.82, 2.24) is 0 Å². The summed E-state index contributed by atoms with van der Waals surface area (Å²) in [5, 5.41) is 9.42. The number of hydrogen-bond acceptors (Lipinski definition) is 5. The molecule has 0 aliphatic heterocycles. The zero-order chi connectivity index (χ0) is 21.8. The van der Waals surface area contributed by atoms with E-state index in [4.69, 9.17) is 0 Å². The maximum atomic E-state index is 13.4. The van der Waals surface area contributed by atoms with E-state index in [9.17, 15) is 21.9 Å². The quantitative estimate of drug-likeness (QED) is 0.554. The monoisotopic (exact) mass is 446 g/mol. The highest BCUT2D eigenvalue weighted by Gasteiger charge is 2.28. The average Bonchev–Trinajstić information content (AvgIpc) is 2.73. The Kier molecular flexibility index (Phi) is 6.45. The number of sulfonamides is 2. The minimum atomic E-state index is -4.16. The Labute approximate surface area is 176 Å². The van der Waals surface area contributed by atoms with Crippen LogP contribution in [0.5, 0.6) is 0 Å². The minimum Gasteiger partial charge on any atom is -0.394 e. The van der Waals surface area contributed by atoms with Crippen LogP contribution in [-0.4, -0.2) is 35.1 Å². The van der Waals surface area contributed by atoms with Gasteiger partial charge >= 0.3 is 0 Å². The van der Waals surface area contributed by atoms with Gasteiger partial charge in [-0.1, -0.05) is 48.0 Å². The summed E-state index contributed by atoms with van der Waals surface area (Å²) in [4.78, 5) is -0.187. The molecule has 0 heterocycles. The van der Waals surface area contributed by atoms with Gasteiger partial charge in [0.2, 0.25) is 0 Å². The van der Waals surface area contributed by atoms with Crippen molar-refractivity contribution in [3.63, 3.8) is 0 Å². The number of benzene rings is 3. The fraction of sp³-hybridized carbons (Fsp3) is 0.143. The van der Waals surface area contributed by atoms with Crippen LogP contribution < -0.4 is 9.03 Å². The highest BCUT2D eigenvalue weighted by molar-refractivity contribution is 7.94. The standard InChI is InChI=1S/C21H22N2O5S2/c1-17-11-13-19(14-12-17)29(25,26)22-20-9-5-6-10-21(20)30(27,28)23(15-16-24)18-7-3-2-4-8-18/h2-14,22,24H,15-16H2,1H3. The zero-order valence-electron chi connectivity index (χ0n) is 16.3. The Morgan fingerprint density at radius 2 is 1.43 bits per heavy atom. The summed E-state index contributed by atoms with van der Waals surface area (Å²) in [7, 11) is -8.16. The van der Waals surface area contributed by atoms with E-state index < -0.39 is 26.7 Å². The lowest BCUT2D eigenvalue weighted by Crippen LogP contribution is -2.34. The number of aliphatic hydroxyl groups excluding tert-OH is 1. The fourth-order valence-electron chi connectivity index (χ4n) is 2.89. The number of nitrogens with zero attached hydrogens (tertiary/aromatic N) is 1. The Morgan fingerprint density at radius 3 is 2.07 bits per heavy atom. The number of aryl methyl sites for hydroxylation is 1. The van der Waals surface area contributed by atoms with Crippen LogP contribution in [0, 0.1) is 6.92 Å². The SMILES string of the molecule is Cc1ccc(S(=O)(=O)Nc2ccccc2S(=O)(=O)N(CCO)c2ccccc2)cc1. The largest absolute Gasteiger partial charge is 0.394 e. The van der Waals surface area contributed by atoms with Crippen molar-refractivity contribution in [2.24, 2.45) is 0 Å². The normalized spacial score (nSPS) is 11.8. The maximum absolute atomic E-state index is 13.4. The lowest BCUT2D eigenvalue weighted by molar-refractivity contribution is 0.306. The molecule has 0 radical (unpaired) electrons. The maximum Gasteiger partial charge on any atom is 0.266 e. The lowest BCUT2D eigenvalue weighted by Gasteiger charge is -2.25. The summed E-state index contributed by atoms with van der Waals surface area (Å²) in [6.07, 6.45) is 0. The number of nitrogens with one attached hydrogen (secondary N) is 1. The molecule has 2 N–H and O–H groups in total. The topological polar surface area (TPSA) is 104 Å². The second-order valence-corrected chi connectivity index (χ2v) is 10.1. The highest BCUT2D eigenvalue weighted by atomic mass is 32.2. The molecule has 0 unspecified atom stereocenters. The molecule has 0 saturated carbocycles. The van der Waals surface area contributed by atoms with Crippen molar-refractivity contribution in [3.05, 3.63) is 84.4 Å². The molecular formula is C21H22N2O5S2. The van der Waals surface area contributed by atoms with Crippen LogP contribution in [0.2, 0.25) is 0 Å². The van der Waals surface area contributed by atoms with Crippen LogP contribution in [0.15, 0.2) is 88.7 Å². The van der Waals surface area contributed by atoms with Gasteiger partial charge < -0.3 is 5.11 Å². The third kappa shape index (κ3) is 4.64. The van der Waals surface area contributed by atoms with Gasteiger partial charge in [0.25, 0.3) is 20.0 Å². The van der Waals surface area contributed by atoms with Crippen molar-refractivity contribution in [3.8, 4) is 0 Å². The van der Waals surface area contributed by atoms with Gasteiger partial charge in [0.05, 0.1) is 29.4 Å². The van der Waals surface area contributed by atoms with Crippen LogP contribution in [0.3, 0.4) is 0 Å². The molecule has 3 aromatic carbocycles. The first kappa shape index (κ1) is 21.8. The molecule has 158 valence electrons. The first-order valence-electron chi connectivity index (χ1n) is 9.13. The Morgan fingerprint density at radius 1 is 0.833 bits per heavy atom. The molecule has 30 heavy (non-hydrogen) atoms. The predicted molar refractivity (Wildman–Crippen MR) is 116 cm³/mol. The number of hydrogen-bond donors (Lipinski definition) is 2. The molecular weight excluding hydrogens is 424 g/mol. The van der Waals surface area contributed by atoms with Gasteiger partial charge in [0.1, 0.15) is 4.90 Å². The highest BCUT2D eigenvalue weighted by Crippen LogP contribution is 2.29. The van der Waals surface area contributed by atoms with E-state index in [1.807, 2.05) is 6.92 Å². The van der Waals surface area contributed by atoms with Crippen molar-refractivity contribution in [2.75, 3.05) is 22.2 Å². The van der Waals surface area contributed by atoms with Crippen molar-refractivity contribution >= 4 is 31.4 Å². The molecule has 0 fully saturated rings. The third-order valence-electron chi connectivity index (χ3n) is 4.38. The van der Waals surface area contributed by atoms with Gasteiger partial charge in [-0.2, -0.15) is 0 Å². The second-order valence-electron chi connectivity index (χ2n) is 6.55. The predicted octanol–water partition coefficient (Wildman–Crippen LogP) is 2.98. The molecule has 0 aromatic heterocycles. The van der Waals surface area contributed by atoms with E-state index in [-0.39, 0.29) is 22.0 Å². The van der Waals surface area contributed by atoms with Gasteiger partial charge in [-0.3, -0.25) is 9.03 Å². The molecule has 0 bridgehead atoms. The van der Waals surface area contributed by atoms with Crippen LogP contribution >= 0.6 is 0 Å². The zero-order valence-corrected chi connectivity index (χ0v) is 17.9. The number of aliphatic hydroxyl groups is 1. The molecule has 3 aromatic rings. The van der Waals surface area contributed by atoms with E-state index in [0.29, 0.717) is 5.69 Å². The van der Waals surface area contributed by atoms with Gasteiger partial charge in [-0.25, -0.2) is 16.8 Å². The Balaban J connectivity index is 2.04. The van der Waals surface area contributed by atoms with Crippen LogP contribution in [0.4, 0.5) is 11.4 Å². The van der Waals surface area contributed by atoms with E-state index in [2.05, 4.69) is 4.72 Å². The van der Waals surface area contributed by atoms with E-state index >= 15 is 0 Å². The van der Waals surface area contributed by atoms with E-state index in [1.165, 1.54) is 30.3 Å². The van der Waals surface area contributed by atoms with Crippen LogP contribution in [0.25, 0.3) is 0 Å². The van der Waals surface area contributed by atoms with Crippen molar-refractivity contribution in [1.29, 1.82) is 0 Å². The summed E-state index contributed by atoms with van der Waals surface area (Å²) >= 11 is 0. The molecule has 3 rings (SSSR count). The number of rotatable bonds is 8. The van der Waals surface area contributed by atoms with Crippen LogP contribution in [-0.2, 0) is 20.0 Å². The van der Waals surface area contributed by atoms with E-state index in [1.54, 1.807) is 48.5 Å². The molecule has 9 heteroatoms. The first-order chi connectivity index (χ1) is 14.3. The number of para-hydroxylation sites is 2. The minimum absolute atomic E-state index is 0.0237. The van der Waals surface area contributed by atoms with Gasteiger partial charge in [-0.15, -0.1) is 0 Å². The van der Waals surface area contributed by atoms with Crippen molar-refractivity contribution in [2.45, 2.75) is 16.7 Å². The Bertz CT molecular complexity index is 1210. The summed E-state index contributed by atoms with van der Waals surface area (Å²) in [6, 6.07) is 20.3. The molecule has 0 aliphatic rings. The first-order valence-corrected chi connectivity index (χ1v) is 12.1. The lowest BCUT2D eigenvalue weighted by atomic mass is 10.2. The molecule has 0 aliphatic carbocycles. The molecule has 0 atom stereocenters. The second kappa shape index (κ2) is 8.86. The molecule has 0 saturated heterocycles. The fourth-order valence-corrected chi connectivity index (χ4v) is 5.64. The van der Waals surface area contributed by atoms with E-state index in [0.717, 1.165) is 9.87 Å². The molecule has 7 nitrogen and oxygen atoms in total. The van der Waals surface area contributed by atoms with Gasteiger partial charge in [0.15, 0.2) is 0 Å². The van der Waals surface area contributed by atoms with Gasteiger partial charge in [-0.05, 0) is 43.3 Å². The Hall–Kier alpha value is -2.88. The average molecular weight is 447 g/mol. The van der Waals surface area contributed by atoms with Crippen molar-refractivity contribution < 1.29 is 21.9 Å². The van der Waals surface area contributed by atoms with Gasteiger partial charge in [0, 0.05) is 0 Å². The summed E-state index contributed by atoms with van der Waals surface area (Å²) < 4.78 is 55.8. The molecule has 0 spiro atoms.